The summed E-state index contributed by atoms with van der Waals surface area (Å²) < 4.78 is 0. The minimum atomic E-state index is -0.392. The summed E-state index contributed by atoms with van der Waals surface area (Å²) in [5.74, 6) is 0. The van der Waals surface area contributed by atoms with Crippen LogP contribution in [0.2, 0.25) is 5.02 Å². The van der Waals surface area contributed by atoms with E-state index in [1.165, 1.54) is 12.1 Å². The average molecular weight is 305 g/mol. The third-order valence-corrected chi connectivity index (χ3v) is 4.05. The van der Waals surface area contributed by atoms with Gasteiger partial charge in [0.05, 0.1) is 4.92 Å². The molecule has 1 atom stereocenters. The van der Waals surface area contributed by atoms with Gasteiger partial charge in [-0.2, -0.15) is 0 Å². The zero-order chi connectivity index (χ0) is 15.4. The molecule has 0 aliphatic carbocycles. The lowest BCUT2D eigenvalue weighted by Crippen LogP contribution is -2.19. The van der Waals surface area contributed by atoms with E-state index >= 15 is 0 Å². The van der Waals surface area contributed by atoms with Crippen LogP contribution in [0.3, 0.4) is 0 Å². The van der Waals surface area contributed by atoms with Gasteiger partial charge < -0.3 is 5.32 Å². The fraction of sp³-hybridized carbons (Fsp3) is 0.250. The van der Waals surface area contributed by atoms with Crippen LogP contribution in [0.15, 0.2) is 42.5 Å². The van der Waals surface area contributed by atoms with E-state index in [4.69, 9.17) is 11.6 Å². The maximum atomic E-state index is 10.7. The molecule has 5 heteroatoms. The molecular weight excluding hydrogens is 288 g/mol. The first kappa shape index (κ1) is 15.5. The lowest BCUT2D eigenvalue weighted by Gasteiger charge is -2.19. The molecule has 1 unspecified atom stereocenters. The van der Waals surface area contributed by atoms with Gasteiger partial charge >= 0.3 is 0 Å². The van der Waals surface area contributed by atoms with E-state index in [2.05, 4.69) is 5.32 Å². The van der Waals surface area contributed by atoms with Gasteiger partial charge in [0, 0.05) is 23.2 Å². The molecule has 0 amide bonds. The van der Waals surface area contributed by atoms with Gasteiger partial charge in [-0.1, -0.05) is 41.9 Å². The molecule has 0 aliphatic heterocycles. The second kappa shape index (κ2) is 6.70. The predicted molar refractivity (Wildman–Crippen MR) is 84.8 cm³/mol. The van der Waals surface area contributed by atoms with Crippen LogP contribution in [0.25, 0.3) is 0 Å². The molecule has 2 aromatic rings. The molecule has 21 heavy (non-hydrogen) atoms. The number of nitrogens with zero attached hydrogens (tertiary/aromatic N) is 1. The van der Waals surface area contributed by atoms with E-state index in [-0.39, 0.29) is 11.7 Å². The summed E-state index contributed by atoms with van der Waals surface area (Å²) >= 11 is 6.37. The number of rotatable bonds is 5. The Labute approximate surface area is 128 Å². The number of non-ortho nitro benzene ring substituents is 1. The Morgan fingerprint density at radius 2 is 1.90 bits per heavy atom. The summed E-state index contributed by atoms with van der Waals surface area (Å²) in [6, 6.07) is 12.7. The maximum Gasteiger partial charge on any atom is 0.269 e. The van der Waals surface area contributed by atoms with Gasteiger partial charge in [-0.05, 0) is 37.1 Å². The number of hydrogen-bond acceptors (Lipinski definition) is 3. The summed E-state index contributed by atoms with van der Waals surface area (Å²) in [4.78, 5) is 10.3. The van der Waals surface area contributed by atoms with Crippen LogP contribution in [0.4, 0.5) is 5.69 Å². The van der Waals surface area contributed by atoms with E-state index in [0.29, 0.717) is 0 Å². The van der Waals surface area contributed by atoms with Crippen molar-refractivity contribution >= 4 is 17.3 Å². The number of nitro benzene ring substituents is 1. The monoisotopic (exact) mass is 304 g/mol. The number of nitro groups is 1. The van der Waals surface area contributed by atoms with Crippen molar-refractivity contribution in [1.82, 2.24) is 5.32 Å². The van der Waals surface area contributed by atoms with Crippen molar-refractivity contribution in [2.24, 2.45) is 0 Å². The van der Waals surface area contributed by atoms with Crippen molar-refractivity contribution in [2.45, 2.75) is 19.4 Å². The highest BCUT2D eigenvalue weighted by atomic mass is 35.5. The molecule has 0 saturated carbocycles. The van der Waals surface area contributed by atoms with Crippen LogP contribution in [-0.2, 0) is 6.42 Å². The third kappa shape index (κ3) is 3.60. The van der Waals surface area contributed by atoms with Gasteiger partial charge in [0.15, 0.2) is 0 Å². The van der Waals surface area contributed by atoms with Crippen molar-refractivity contribution in [2.75, 3.05) is 7.05 Å². The Kier molecular flexibility index (Phi) is 4.94. The molecule has 0 fully saturated rings. The van der Waals surface area contributed by atoms with E-state index in [1.807, 2.05) is 32.2 Å². The zero-order valence-electron chi connectivity index (χ0n) is 12.0. The summed E-state index contributed by atoms with van der Waals surface area (Å²) in [6.07, 6.45) is 0.720. The number of halogens is 1. The SMILES string of the molecule is CNC(Cc1ccc([N+](=O)[O-])cc1)c1cccc(C)c1Cl. The van der Waals surface area contributed by atoms with Crippen molar-refractivity contribution in [3.05, 3.63) is 74.3 Å². The summed E-state index contributed by atoms with van der Waals surface area (Å²) in [5, 5.41) is 14.7. The molecule has 0 bridgehead atoms. The van der Waals surface area contributed by atoms with Crippen molar-refractivity contribution < 1.29 is 4.92 Å². The summed E-state index contributed by atoms with van der Waals surface area (Å²) in [5.41, 5.74) is 3.21. The van der Waals surface area contributed by atoms with Gasteiger partial charge in [-0.15, -0.1) is 0 Å². The first-order chi connectivity index (χ1) is 10.0. The molecule has 2 rings (SSSR count). The van der Waals surface area contributed by atoms with Crippen LogP contribution in [0.5, 0.6) is 0 Å². The highest BCUT2D eigenvalue weighted by molar-refractivity contribution is 6.32. The minimum absolute atomic E-state index is 0.0684. The number of benzene rings is 2. The van der Waals surface area contributed by atoms with Gasteiger partial charge in [0.25, 0.3) is 5.69 Å². The van der Waals surface area contributed by atoms with E-state index < -0.39 is 4.92 Å². The van der Waals surface area contributed by atoms with E-state index in [1.54, 1.807) is 12.1 Å². The molecule has 110 valence electrons. The highest BCUT2D eigenvalue weighted by Crippen LogP contribution is 2.28. The third-order valence-electron chi connectivity index (χ3n) is 3.53. The van der Waals surface area contributed by atoms with Crippen LogP contribution >= 0.6 is 11.6 Å². The molecule has 2 aromatic carbocycles. The first-order valence-electron chi connectivity index (χ1n) is 6.68. The fourth-order valence-electron chi connectivity index (χ4n) is 2.30. The number of aryl methyl sites for hydroxylation is 1. The number of hydrogen-bond donors (Lipinski definition) is 1. The zero-order valence-corrected chi connectivity index (χ0v) is 12.7. The van der Waals surface area contributed by atoms with Crippen LogP contribution < -0.4 is 5.32 Å². The second-order valence-corrected chi connectivity index (χ2v) is 5.33. The van der Waals surface area contributed by atoms with Crippen LogP contribution in [0, 0.1) is 17.0 Å². The quantitative estimate of drug-likeness (QED) is 0.669. The number of nitrogens with one attached hydrogen (secondary N) is 1. The Bertz CT molecular complexity index is 641. The molecule has 4 nitrogen and oxygen atoms in total. The normalized spacial score (nSPS) is 12.1. The molecule has 1 N–H and O–H groups in total. The molecule has 0 heterocycles. The van der Waals surface area contributed by atoms with Crippen LogP contribution in [-0.4, -0.2) is 12.0 Å². The Balaban J connectivity index is 2.23. The highest BCUT2D eigenvalue weighted by Gasteiger charge is 2.15. The molecule has 0 saturated heterocycles. The summed E-state index contributed by atoms with van der Waals surface area (Å²) in [7, 11) is 1.88. The predicted octanol–water partition coefficient (Wildman–Crippen LogP) is 4.06. The Morgan fingerprint density at radius 1 is 1.24 bits per heavy atom. The van der Waals surface area contributed by atoms with E-state index in [0.717, 1.165) is 28.1 Å². The van der Waals surface area contributed by atoms with Gasteiger partial charge in [0.2, 0.25) is 0 Å². The molecule has 0 radical (unpaired) electrons. The van der Waals surface area contributed by atoms with Crippen molar-refractivity contribution in [3.63, 3.8) is 0 Å². The maximum absolute atomic E-state index is 10.7. The second-order valence-electron chi connectivity index (χ2n) is 4.95. The largest absolute Gasteiger partial charge is 0.313 e. The van der Waals surface area contributed by atoms with Gasteiger partial charge in [0.1, 0.15) is 0 Å². The van der Waals surface area contributed by atoms with Gasteiger partial charge in [-0.3, -0.25) is 10.1 Å². The molecule has 0 aliphatic rings. The lowest BCUT2D eigenvalue weighted by molar-refractivity contribution is -0.384. The van der Waals surface area contributed by atoms with Crippen molar-refractivity contribution in [3.8, 4) is 0 Å². The standard InChI is InChI=1S/C16H17ClN2O2/c1-11-4-3-5-14(16(11)17)15(18-2)10-12-6-8-13(9-7-12)19(20)21/h3-9,15,18H,10H2,1-2H3. The first-order valence-corrected chi connectivity index (χ1v) is 7.06. The smallest absolute Gasteiger partial charge is 0.269 e. The number of likely N-dealkylation sites (N-methyl/N-ethyl adjacent to an activating group) is 1. The molecule has 0 aromatic heterocycles. The molecule has 0 spiro atoms. The summed E-state index contributed by atoms with van der Waals surface area (Å²) in [6.45, 7) is 1.98. The van der Waals surface area contributed by atoms with Gasteiger partial charge in [-0.25, -0.2) is 0 Å². The lowest BCUT2D eigenvalue weighted by atomic mass is 9.97. The Hall–Kier alpha value is -1.91. The fourth-order valence-corrected chi connectivity index (χ4v) is 2.55. The van der Waals surface area contributed by atoms with Crippen LogP contribution in [0.1, 0.15) is 22.7 Å². The van der Waals surface area contributed by atoms with Crippen molar-refractivity contribution in [1.29, 1.82) is 0 Å². The topological polar surface area (TPSA) is 55.2 Å². The molecular formula is C16H17ClN2O2. The minimum Gasteiger partial charge on any atom is -0.313 e. The average Bonchev–Trinajstić information content (AvgIpc) is 2.48. The van der Waals surface area contributed by atoms with E-state index in [9.17, 15) is 10.1 Å². The Morgan fingerprint density at radius 3 is 2.48 bits per heavy atom.